The predicted molar refractivity (Wildman–Crippen MR) is 89.0 cm³/mol. The third kappa shape index (κ3) is 2.51. The van der Waals surface area contributed by atoms with Crippen LogP contribution in [0.1, 0.15) is 11.4 Å². The molecular formula is C17H15ClN4. The molecule has 0 amide bonds. The van der Waals surface area contributed by atoms with E-state index in [0.29, 0.717) is 17.1 Å². The number of fused-ring (bicyclic) bond motifs is 1. The number of para-hydroxylation sites is 2. The van der Waals surface area contributed by atoms with E-state index in [9.17, 15) is 0 Å². The summed E-state index contributed by atoms with van der Waals surface area (Å²) >= 11 is 6.10. The highest BCUT2D eigenvalue weighted by Crippen LogP contribution is 2.24. The number of anilines is 1. The maximum atomic E-state index is 8.94. The summed E-state index contributed by atoms with van der Waals surface area (Å²) in [6, 6.07) is 15.6. The number of halogens is 1. The van der Waals surface area contributed by atoms with Gasteiger partial charge in [0, 0.05) is 19.8 Å². The van der Waals surface area contributed by atoms with E-state index in [-0.39, 0.29) is 0 Å². The van der Waals surface area contributed by atoms with Crippen molar-refractivity contribution in [1.29, 1.82) is 5.26 Å². The van der Waals surface area contributed by atoms with Crippen molar-refractivity contribution >= 4 is 28.3 Å². The lowest BCUT2D eigenvalue weighted by Crippen LogP contribution is -2.19. The number of nitriles is 1. The molecule has 3 rings (SSSR count). The first kappa shape index (κ1) is 14.4. The number of aromatic nitrogens is 2. The van der Waals surface area contributed by atoms with Crippen molar-refractivity contribution in [3.8, 4) is 6.07 Å². The largest absolute Gasteiger partial charge is 0.367 e. The van der Waals surface area contributed by atoms with Crippen LogP contribution in [0.3, 0.4) is 0 Å². The molecular weight excluding hydrogens is 296 g/mol. The second-order valence-electron chi connectivity index (χ2n) is 5.21. The van der Waals surface area contributed by atoms with Crippen LogP contribution in [0.5, 0.6) is 0 Å². The second kappa shape index (κ2) is 5.70. The molecule has 0 aliphatic rings. The summed E-state index contributed by atoms with van der Waals surface area (Å²) in [4.78, 5) is 6.73. The van der Waals surface area contributed by atoms with Gasteiger partial charge in [0.25, 0.3) is 0 Å². The molecule has 0 atom stereocenters. The van der Waals surface area contributed by atoms with Crippen LogP contribution in [0.4, 0.5) is 5.69 Å². The maximum Gasteiger partial charge on any atom is 0.129 e. The van der Waals surface area contributed by atoms with E-state index in [1.54, 1.807) is 6.07 Å². The van der Waals surface area contributed by atoms with Gasteiger partial charge in [-0.25, -0.2) is 4.98 Å². The Morgan fingerprint density at radius 3 is 2.73 bits per heavy atom. The van der Waals surface area contributed by atoms with E-state index in [1.165, 1.54) is 0 Å². The Bertz CT molecular complexity index is 876. The van der Waals surface area contributed by atoms with Crippen molar-refractivity contribution in [1.82, 2.24) is 9.55 Å². The first-order valence-corrected chi connectivity index (χ1v) is 7.29. The molecule has 1 aromatic heterocycles. The quantitative estimate of drug-likeness (QED) is 0.740. The molecule has 0 aliphatic heterocycles. The Kier molecular flexibility index (Phi) is 3.74. The molecule has 22 heavy (non-hydrogen) atoms. The van der Waals surface area contributed by atoms with Crippen molar-refractivity contribution in [2.45, 2.75) is 6.54 Å². The first-order chi connectivity index (χ1) is 10.6. The van der Waals surface area contributed by atoms with Crippen molar-refractivity contribution in [2.24, 2.45) is 7.05 Å². The fraction of sp³-hybridized carbons (Fsp3) is 0.176. The maximum absolute atomic E-state index is 8.94. The molecule has 0 saturated heterocycles. The molecule has 0 spiro atoms. The van der Waals surface area contributed by atoms with Crippen LogP contribution < -0.4 is 4.90 Å². The number of rotatable bonds is 3. The summed E-state index contributed by atoms with van der Waals surface area (Å²) in [5.74, 6) is 0.976. The number of hydrogen-bond acceptors (Lipinski definition) is 3. The van der Waals surface area contributed by atoms with Gasteiger partial charge in [-0.1, -0.05) is 23.7 Å². The topological polar surface area (TPSA) is 44.9 Å². The number of aryl methyl sites for hydroxylation is 1. The Hall–Kier alpha value is -2.51. The van der Waals surface area contributed by atoms with Crippen molar-refractivity contribution in [2.75, 3.05) is 11.9 Å². The van der Waals surface area contributed by atoms with Gasteiger partial charge in [0.05, 0.1) is 28.2 Å². The molecule has 110 valence electrons. The molecule has 1 heterocycles. The van der Waals surface area contributed by atoms with Crippen molar-refractivity contribution < 1.29 is 0 Å². The Morgan fingerprint density at radius 1 is 1.27 bits per heavy atom. The molecule has 0 bridgehead atoms. The molecule has 0 unspecified atom stereocenters. The summed E-state index contributed by atoms with van der Waals surface area (Å²) in [6.45, 7) is 0.660. The van der Waals surface area contributed by atoms with Gasteiger partial charge in [-0.15, -0.1) is 0 Å². The van der Waals surface area contributed by atoms with Gasteiger partial charge < -0.3 is 9.47 Å². The monoisotopic (exact) mass is 310 g/mol. The summed E-state index contributed by atoms with van der Waals surface area (Å²) in [5, 5.41) is 9.41. The van der Waals surface area contributed by atoms with E-state index in [2.05, 4.69) is 26.6 Å². The van der Waals surface area contributed by atoms with Gasteiger partial charge in [0.2, 0.25) is 0 Å². The molecule has 5 heteroatoms. The SMILES string of the molecule is CN(Cc1nc2ccccc2n1C)c1ccc(C#N)c(Cl)c1. The van der Waals surface area contributed by atoms with Crippen LogP contribution in [-0.4, -0.2) is 16.6 Å². The van der Waals surface area contributed by atoms with Gasteiger partial charge in [-0.05, 0) is 30.3 Å². The molecule has 4 nitrogen and oxygen atoms in total. The predicted octanol–water partition coefficient (Wildman–Crippen LogP) is 3.73. The summed E-state index contributed by atoms with van der Waals surface area (Å²) in [6.07, 6.45) is 0. The lowest BCUT2D eigenvalue weighted by atomic mass is 10.2. The van der Waals surface area contributed by atoms with E-state index < -0.39 is 0 Å². The molecule has 0 saturated carbocycles. The van der Waals surface area contributed by atoms with Gasteiger partial charge in [0.1, 0.15) is 11.9 Å². The van der Waals surface area contributed by atoms with Crippen LogP contribution >= 0.6 is 11.6 Å². The highest BCUT2D eigenvalue weighted by Gasteiger charge is 2.11. The first-order valence-electron chi connectivity index (χ1n) is 6.91. The number of hydrogen-bond donors (Lipinski definition) is 0. The molecule has 0 aliphatic carbocycles. The van der Waals surface area contributed by atoms with E-state index in [4.69, 9.17) is 16.9 Å². The lowest BCUT2D eigenvalue weighted by Gasteiger charge is -2.19. The average molecular weight is 311 g/mol. The second-order valence-corrected chi connectivity index (χ2v) is 5.61. The zero-order valence-electron chi connectivity index (χ0n) is 12.4. The number of imidazole rings is 1. The Balaban J connectivity index is 1.90. The molecule has 0 N–H and O–H groups in total. The number of nitrogens with zero attached hydrogens (tertiary/aromatic N) is 4. The Labute approximate surface area is 134 Å². The third-order valence-electron chi connectivity index (χ3n) is 3.77. The third-order valence-corrected chi connectivity index (χ3v) is 4.08. The van der Waals surface area contributed by atoms with Crippen LogP contribution in [0.2, 0.25) is 5.02 Å². The fourth-order valence-corrected chi connectivity index (χ4v) is 2.69. The smallest absolute Gasteiger partial charge is 0.129 e. The number of benzene rings is 2. The Morgan fingerprint density at radius 2 is 2.05 bits per heavy atom. The molecule has 0 radical (unpaired) electrons. The molecule has 3 aromatic rings. The summed E-state index contributed by atoms with van der Waals surface area (Å²) in [5.41, 5.74) is 3.55. The summed E-state index contributed by atoms with van der Waals surface area (Å²) < 4.78 is 2.09. The minimum atomic E-state index is 0.469. The van der Waals surface area contributed by atoms with Gasteiger partial charge >= 0.3 is 0 Å². The molecule has 0 fully saturated rings. The van der Waals surface area contributed by atoms with Gasteiger partial charge in [-0.2, -0.15) is 5.26 Å². The van der Waals surface area contributed by atoms with Gasteiger partial charge in [-0.3, -0.25) is 0 Å². The zero-order valence-corrected chi connectivity index (χ0v) is 13.2. The fourth-order valence-electron chi connectivity index (χ4n) is 2.47. The van der Waals surface area contributed by atoms with Gasteiger partial charge in [0.15, 0.2) is 0 Å². The summed E-state index contributed by atoms with van der Waals surface area (Å²) in [7, 11) is 4.00. The van der Waals surface area contributed by atoms with Crippen molar-refractivity contribution in [3.63, 3.8) is 0 Å². The molecule has 2 aromatic carbocycles. The van der Waals surface area contributed by atoms with E-state index in [0.717, 1.165) is 22.5 Å². The minimum absolute atomic E-state index is 0.469. The standard InChI is InChI=1S/C17H15ClN4/c1-21(13-8-7-12(10-19)14(18)9-13)11-17-20-15-5-3-4-6-16(15)22(17)2/h3-9H,11H2,1-2H3. The van der Waals surface area contributed by atoms with Crippen LogP contribution in [0.15, 0.2) is 42.5 Å². The average Bonchev–Trinajstić information content (AvgIpc) is 2.84. The minimum Gasteiger partial charge on any atom is -0.367 e. The lowest BCUT2D eigenvalue weighted by molar-refractivity contribution is 0.776. The van der Waals surface area contributed by atoms with Crippen LogP contribution in [0, 0.1) is 11.3 Å². The highest BCUT2D eigenvalue weighted by molar-refractivity contribution is 6.32. The highest BCUT2D eigenvalue weighted by atomic mass is 35.5. The van der Waals surface area contributed by atoms with Crippen LogP contribution in [0.25, 0.3) is 11.0 Å². The van der Waals surface area contributed by atoms with E-state index in [1.807, 2.05) is 44.4 Å². The van der Waals surface area contributed by atoms with Crippen LogP contribution in [-0.2, 0) is 13.6 Å². The van der Waals surface area contributed by atoms with E-state index >= 15 is 0 Å². The normalized spacial score (nSPS) is 10.6. The van der Waals surface area contributed by atoms with Crippen molar-refractivity contribution in [3.05, 3.63) is 58.9 Å². The zero-order chi connectivity index (χ0) is 15.7.